The smallest absolute Gasteiger partial charge is 0.419 e. The summed E-state index contributed by atoms with van der Waals surface area (Å²) in [4.78, 5) is 23.1. The second kappa shape index (κ2) is 7.81. The number of halogens is 3. The highest BCUT2D eigenvalue weighted by molar-refractivity contribution is 5.96. The summed E-state index contributed by atoms with van der Waals surface area (Å²) in [6.07, 6.45) is -1.85. The molecule has 3 rings (SSSR count). The van der Waals surface area contributed by atoms with Crippen molar-refractivity contribution in [1.82, 2.24) is 9.88 Å². The minimum atomic E-state index is -4.37. The number of aromatic nitrogens is 2. The zero-order valence-electron chi connectivity index (χ0n) is 14.8. The Bertz CT molecular complexity index is 788. The summed E-state index contributed by atoms with van der Waals surface area (Å²) in [6.45, 7) is 4.16. The highest BCUT2D eigenvalue weighted by Crippen LogP contribution is 2.28. The van der Waals surface area contributed by atoms with Crippen LogP contribution in [0.5, 0.6) is 5.88 Å². The number of anilines is 1. The van der Waals surface area contributed by atoms with Gasteiger partial charge in [0.05, 0.1) is 25.3 Å². The van der Waals surface area contributed by atoms with Crippen LogP contribution < -0.4 is 14.6 Å². The van der Waals surface area contributed by atoms with Crippen LogP contribution in [0.3, 0.4) is 0 Å². The van der Waals surface area contributed by atoms with Gasteiger partial charge < -0.3 is 9.64 Å². The number of carbonyl (C=O) groups excluding carboxylic acids is 1. The van der Waals surface area contributed by atoms with Crippen LogP contribution in [-0.4, -0.2) is 48.6 Å². The fourth-order valence-corrected chi connectivity index (χ4v) is 2.92. The molecule has 2 aromatic rings. The summed E-state index contributed by atoms with van der Waals surface area (Å²) < 4.78 is 43.4. The minimum Gasteiger partial charge on any atom is -0.477 e. The Hall–Kier alpha value is -2.84. The number of hydrogen-bond donors (Lipinski definition) is 0. The average Bonchev–Trinajstić information content (AvgIpc) is 2.68. The van der Waals surface area contributed by atoms with Crippen LogP contribution in [0.1, 0.15) is 22.8 Å². The fourth-order valence-electron chi connectivity index (χ4n) is 2.92. The molecule has 0 radical (unpaired) electrons. The van der Waals surface area contributed by atoms with E-state index in [4.69, 9.17) is 4.74 Å². The zero-order chi connectivity index (χ0) is 19.4. The molecule has 0 aromatic carbocycles. The van der Waals surface area contributed by atoms with Crippen LogP contribution in [-0.2, 0) is 6.18 Å². The minimum absolute atomic E-state index is 0.164. The molecule has 6 nitrogen and oxygen atoms in total. The lowest BCUT2D eigenvalue weighted by atomic mass is 10.2. The Morgan fingerprint density at radius 1 is 1.22 bits per heavy atom. The Kier molecular flexibility index (Phi) is 5.48. The molecule has 0 bridgehead atoms. The molecule has 9 heteroatoms. The lowest BCUT2D eigenvalue weighted by Crippen LogP contribution is -2.50. The van der Waals surface area contributed by atoms with Gasteiger partial charge in [0.2, 0.25) is 5.88 Å². The summed E-state index contributed by atoms with van der Waals surface area (Å²) in [6, 6.07) is 5.82. The Labute approximate surface area is 154 Å². The van der Waals surface area contributed by atoms with Gasteiger partial charge in [0.15, 0.2) is 0 Å². The molecule has 3 heterocycles. The van der Waals surface area contributed by atoms with Crippen LogP contribution in [0.15, 0.2) is 36.7 Å². The van der Waals surface area contributed by atoms with Gasteiger partial charge in [-0.15, -0.1) is 0 Å². The van der Waals surface area contributed by atoms with E-state index in [0.717, 1.165) is 12.3 Å². The molecule has 0 saturated carbocycles. The first-order valence-electron chi connectivity index (χ1n) is 8.61. The van der Waals surface area contributed by atoms with Crippen molar-refractivity contribution in [1.29, 1.82) is 0 Å². The van der Waals surface area contributed by atoms with Crippen molar-refractivity contribution in [3.8, 4) is 5.88 Å². The number of alkyl halides is 3. The van der Waals surface area contributed by atoms with Gasteiger partial charge in [0.25, 0.3) is 11.7 Å². The van der Waals surface area contributed by atoms with E-state index in [9.17, 15) is 18.0 Å². The van der Waals surface area contributed by atoms with Crippen molar-refractivity contribution in [2.24, 2.45) is 0 Å². The first-order chi connectivity index (χ1) is 12.9. The van der Waals surface area contributed by atoms with Gasteiger partial charge in [-0.2, -0.15) is 13.2 Å². The number of nitrogens with one attached hydrogen (secondary N) is 1. The van der Waals surface area contributed by atoms with Crippen molar-refractivity contribution >= 4 is 11.7 Å². The molecule has 1 fully saturated rings. The number of aromatic amines is 1. The van der Waals surface area contributed by atoms with Crippen molar-refractivity contribution in [3.05, 3.63) is 47.8 Å². The first-order valence-corrected chi connectivity index (χ1v) is 8.61. The molecular formula is C18H20F3N4O2+. The van der Waals surface area contributed by atoms with Gasteiger partial charge in [-0.1, -0.05) is 0 Å². The van der Waals surface area contributed by atoms with E-state index in [0.29, 0.717) is 50.0 Å². The van der Waals surface area contributed by atoms with Crippen molar-refractivity contribution in [2.75, 3.05) is 37.7 Å². The summed E-state index contributed by atoms with van der Waals surface area (Å²) in [5, 5.41) is 0. The number of hydrogen-bond acceptors (Lipinski definition) is 4. The van der Waals surface area contributed by atoms with Gasteiger partial charge in [-0.25, -0.2) is 9.97 Å². The molecule has 2 aromatic heterocycles. The number of nitrogens with zero attached hydrogens (tertiary/aromatic N) is 3. The fraction of sp³-hybridized carbons (Fsp3) is 0.389. The number of amides is 1. The summed E-state index contributed by atoms with van der Waals surface area (Å²) >= 11 is 0. The third kappa shape index (κ3) is 4.29. The van der Waals surface area contributed by atoms with Crippen LogP contribution >= 0.6 is 0 Å². The van der Waals surface area contributed by atoms with E-state index in [2.05, 4.69) is 9.97 Å². The normalized spacial score (nSPS) is 15.0. The van der Waals surface area contributed by atoms with Gasteiger partial charge in [-0.05, 0) is 25.1 Å². The lowest BCUT2D eigenvalue weighted by Gasteiger charge is -2.31. The maximum atomic E-state index is 12.7. The Balaban J connectivity index is 1.64. The van der Waals surface area contributed by atoms with Gasteiger partial charge in [0.1, 0.15) is 24.8 Å². The van der Waals surface area contributed by atoms with Crippen LogP contribution in [0.25, 0.3) is 0 Å². The molecular weight excluding hydrogens is 361 g/mol. The molecule has 1 N–H and O–H groups in total. The van der Waals surface area contributed by atoms with Crippen molar-refractivity contribution in [2.45, 2.75) is 13.1 Å². The predicted molar refractivity (Wildman–Crippen MR) is 91.5 cm³/mol. The van der Waals surface area contributed by atoms with Gasteiger partial charge in [-0.3, -0.25) is 9.69 Å². The van der Waals surface area contributed by atoms with Crippen LogP contribution in [0, 0.1) is 0 Å². The quantitative estimate of drug-likeness (QED) is 0.815. The summed E-state index contributed by atoms with van der Waals surface area (Å²) in [7, 11) is 0. The SMILES string of the molecule is CCOc1ncccc1C(=O)N1CCN(c2ccc(C(F)(F)F)c[nH+]2)CC1. The molecule has 1 saturated heterocycles. The molecule has 1 amide bonds. The molecule has 0 atom stereocenters. The number of rotatable bonds is 4. The second-order valence-electron chi connectivity index (χ2n) is 6.03. The van der Waals surface area contributed by atoms with Crippen LogP contribution in [0.4, 0.5) is 19.0 Å². The van der Waals surface area contributed by atoms with E-state index in [1.165, 1.54) is 6.07 Å². The molecule has 144 valence electrons. The predicted octanol–water partition coefficient (Wildman–Crippen LogP) is 2.28. The summed E-state index contributed by atoms with van der Waals surface area (Å²) in [5.41, 5.74) is -0.311. The van der Waals surface area contributed by atoms with Gasteiger partial charge >= 0.3 is 6.18 Å². The van der Waals surface area contributed by atoms with E-state index < -0.39 is 11.7 Å². The molecule has 27 heavy (non-hydrogen) atoms. The Morgan fingerprint density at radius 3 is 2.56 bits per heavy atom. The maximum Gasteiger partial charge on any atom is 0.419 e. The highest BCUT2D eigenvalue weighted by atomic mass is 19.4. The largest absolute Gasteiger partial charge is 0.477 e. The van der Waals surface area contributed by atoms with Gasteiger partial charge in [0, 0.05) is 12.3 Å². The standard InChI is InChI=1S/C18H19F3N4O2/c1-2-27-16-14(4-3-7-22-16)17(26)25-10-8-24(9-11-25)15-6-5-13(12-23-15)18(19,20)21/h3-7,12H,2,8-11H2,1H3/p+1. The number of ether oxygens (including phenoxy) is 1. The lowest BCUT2D eigenvalue weighted by molar-refractivity contribution is -0.367. The number of pyridine rings is 2. The topological polar surface area (TPSA) is 59.8 Å². The monoisotopic (exact) mass is 381 g/mol. The molecule has 1 aliphatic heterocycles. The number of H-pyrrole nitrogens is 1. The van der Waals surface area contributed by atoms with Crippen LogP contribution in [0.2, 0.25) is 0 Å². The number of carbonyl (C=O) groups is 1. The van der Waals surface area contributed by atoms with Crippen molar-refractivity contribution < 1.29 is 27.7 Å². The average molecular weight is 381 g/mol. The van der Waals surface area contributed by atoms with E-state index in [-0.39, 0.29) is 5.91 Å². The molecule has 1 aliphatic rings. The molecule has 0 spiro atoms. The van der Waals surface area contributed by atoms with E-state index in [1.807, 2.05) is 11.8 Å². The van der Waals surface area contributed by atoms with E-state index >= 15 is 0 Å². The second-order valence-corrected chi connectivity index (χ2v) is 6.03. The van der Waals surface area contributed by atoms with E-state index in [1.54, 1.807) is 23.2 Å². The molecule has 0 unspecified atom stereocenters. The number of piperazine rings is 1. The molecule has 0 aliphatic carbocycles. The highest BCUT2D eigenvalue weighted by Gasteiger charge is 2.33. The third-order valence-corrected chi connectivity index (χ3v) is 4.31. The summed E-state index contributed by atoms with van der Waals surface area (Å²) in [5.74, 6) is 0.734. The van der Waals surface area contributed by atoms with Crippen molar-refractivity contribution in [3.63, 3.8) is 0 Å². The first kappa shape index (κ1) is 18.9. The third-order valence-electron chi connectivity index (χ3n) is 4.31. The Morgan fingerprint density at radius 2 is 1.96 bits per heavy atom. The zero-order valence-corrected chi connectivity index (χ0v) is 14.8. The maximum absolute atomic E-state index is 12.7.